The molecule has 0 unspecified atom stereocenters. The Morgan fingerprint density at radius 2 is 2.12 bits per heavy atom. The van der Waals surface area contributed by atoms with Crippen LogP contribution in [0.4, 0.5) is 0 Å². The molecule has 0 aliphatic heterocycles. The van der Waals surface area contributed by atoms with Crippen LogP contribution in [0.3, 0.4) is 0 Å². The van der Waals surface area contributed by atoms with E-state index in [2.05, 4.69) is 15.6 Å². The quantitative estimate of drug-likeness (QED) is 0.690. The molecular formula is C11H12N4O2. The molecule has 0 aliphatic carbocycles. The van der Waals surface area contributed by atoms with Crippen LogP contribution in [0, 0.1) is 11.3 Å². The second-order valence-corrected chi connectivity index (χ2v) is 3.18. The van der Waals surface area contributed by atoms with Crippen LogP contribution < -0.4 is 10.6 Å². The smallest absolute Gasteiger partial charge is 0.252 e. The fourth-order valence-electron chi connectivity index (χ4n) is 1.11. The summed E-state index contributed by atoms with van der Waals surface area (Å²) in [5.41, 5.74) is 0.468. The van der Waals surface area contributed by atoms with Gasteiger partial charge >= 0.3 is 0 Å². The van der Waals surface area contributed by atoms with Gasteiger partial charge in [0.1, 0.15) is 6.42 Å². The molecule has 0 saturated heterocycles. The molecule has 6 nitrogen and oxygen atoms in total. The molecule has 0 aromatic carbocycles. The van der Waals surface area contributed by atoms with Gasteiger partial charge < -0.3 is 10.6 Å². The summed E-state index contributed by atoms with van der Waals surface area (Å²) in [7, 11) is 0. The van der Waals surface area contributed by atoms with Crippen molar-refractivity contribution < 1.29 is 9.59 Å². The Morgan fingerprint density at radius 1 is 1.35 bits per heavy atom. The van der Waals surface area contributed by atoms with Crippen LogP contribution in [-0.2, 0) is 4.79 Å². The first-order valence-electron chi connectivity index (χ1n) is 5.06. The average molecular weight is 232 g/mol. The van der Waals surface area contributed by atoms with Crippen molar-refractivity contribution in [3.05, 3.63) is 30.1 Å². The first-order chi connectivity index (χ1) is 8.24. The Bertz CT molecular complexity index is 425. The lowest BCUT2D eigenvalue weighted by molar-refractivity contribution is -0.120. The highest BCUT2D eigenvalue weighted by molar-refractivity contribution is 5.93. The molecule has 0 spiro atoms. The Kier molecular flexibility index (Phi) is 5.17. The van der Waals surface area contributed by atoms with Gasteiger partial charge in [-0.15, -0.1) is 0 Å². The van der Waals surface area contributed by atoms with E-state index >= 15 is 0 Å². The maximum atomic E-state index is 11.5. The van der Waals surface area contributed by atoms with E-state index in [1.165, 1.54) is 6.20 Å². The number of nitriles is 1. The zero-order valence-electron chi connectivity index (χ0n) is 9.14. The standard InChI is InChI=1S/C11H12N4O2/c12-4-3-10(16)14-6-7-15-11(17)9-2-1-5-13-8-9/h1-2,5,8H,3,6-7H2,(H,14,16)(H,15,17). The average Bonchev–Trinajstić information content (AvgIpc) is 2.36. The zero-order chi connectivity index (χ0) is 12.5. The van der Waals surface area contributed by atoms with E-state index in [4.69, 9.17) is 5.26 Å². The molecule has 1 heterocycles. The highest BCUT2D eigenvalue weighted by atomic mass is 16.2. The van der Waals surface area contributed by atoms with Gasteiger partial charge in [0.25, 0.3) is 5.91 Å². The topological polar surface area (TPSA) is 94.9 Å². The maximum absolute atomic E-state index is 11.5. The van der Waals surface area contributed by atoms with Crippen LogP contribution in [0.25, 0.3) is 0 Å². The number of amides is 2. The Hall–Kier alpha value is -2.42. The zero-order valence-corrected chi connectivity index (χ0v) is 9.14. The normalized spacial score (nSPS) is 9.12. The first kappa shape index (κ1) is 12.6. The molecule has 88 valence electrons. The molecule has 0 bridgehead atoms. The van der Waals surface area contributed by atoms with Crippen LogP contribution in [0.1, 0.15) is 16.8 Å². The third kappa shape index (κ3) is 4.75. The fraction of sp³-hybridized carbons (Fsp3) is 0.273. The van der Waals surface area contributed by atoms with Gasteiger partial charge in [-0.05, 0) is 12.1 Å². The van der Waals surface area contributed by atoms with E-state index in [1.807, 2.05) is 0 Å². The van der Waals surface area contributed by atoms with E-state index in [0.717, 1.165) is 0 Å². The summed E-state index contributed by atoms with van der Waals surface area (Å²) in [5, 5.41) is 13.4. The molecule has 2 N–H and O–H groups in total. The summed E-state index contributed by atoms with van der Waals surface area (Å²) in [6, 6.07) is 5.05. The van der Waals surface area contributed by atoms with Crippen molar-refractivity contribution in [2.75, 3.05) is 13.1 Å². The van der Waals surface area contributed by atoms with E-state index in [9.17, 15) is 9.59 Å². The predicted octanol–water partition coefficient (Wildman–Crippen LogP) is -0.159. The van der Waals surface area contributed by atoms with Gasteiger partial charge in [0.2, 0.25) is 5.91 Å². The number of pyridine rings is 1. The molecule has 2 amide bonds. The van der Waals surface area contributed by atoms with Gasteiger partial charge in [-0.3, -0.25) is 14.6 Å². The molecule has 0 radical (unpaired) electrons. The third-order valence-corrected chi connectivity index (χ3v) is 1.90. The van der Waals surface area contributed by atoms with Crippen molar-refractivity contribution in [2.45, 2.75) is 6.42 Å². The predicted molar refractivity (Wildman–Crippen MR) is 59.8 cm³/mol. The second kappa shape index (κ2) is 6.95. The number of hydrogen-bond donors (Lipinski definition) is 2. The lowest BCUT2D eigenvalue weighted by Gasteiger charge is -2.05. The van der Waals surface area contributed by atoms with Gasteiger partial charge in [-0.1, -0.05) is 0 Å². The highest BCUT2D eigenvalue weighted by Gasteiger charge is 2.04. The third-order valence-electron chi connectivity index (χ3n) is 1.90. The SMILES string of the molecule is N#CCC(=O)NCCNC(=O)c1cccnc1. The molecule has 1 aromatic rings. The summed E-state index contributed by atoms with van der Waals surface area (Å²) in [6.45, 7) is 0.609. The molecule has 1 rings (SSSR count). The number of nitrogens with one attached hydrogen (secondary N) is 2. The van der Waals surface area contributed by atoms with Gasteiger partial charge in [-0.25, -0.2) is 0 Å². The number of aromatic nitrogens is 1. The Labute approximate surface area is 98.7 Å². The molecule has 1 aromatic heterocycles. The maximum Gasteiger partial charge on any atom is 0.252 e. The largest absolute Gasteiger partial charge is 0.353 e. The van der Waals surface area contributed by atoms with Crippen LogP contribution in [0.2, 0.25) is 0 Å². The summed E-state index contributed by atoms with van der Waals surface area (Å²) in [4.78, 5) is 26.2. The van der Waals surface area contributed by atoms with E-state index in [1.54, 1.807) is 24.4 Å². The van der Waals surface area contributed by atoms with Gasteiger partial charge in [-0.2, -0.15) is 5.26 Å². The highest BCUT2D eigenvalue weighted by Crippen LogP contribution is 1.93. The number of nitrogens with zero attached hydrogens (tertiary/aromatic N) is 2. The van der Waals surface area contributed by atoms with E-state index < -0.39 is 0 Å². The van der Waals surface area contributed by atoms with Crippen LogP contribution >= 0.6 is 0 Å². The monoisotopic (exact) mass is 232 g/mol. The molecule has 0 atom stereocenters. The minimum absolute atomic E-state index is 0.170. The minimum Gasteiger partial charge on any atom is -0.353 e. The minimum atomic E-state index is -0.344. The van der Waals surface area contributed by atoms with Crippen molar-refractivity contribution in [1.82, 2.24) is 15.6 Å². The summed E-state index contributed by atoms with van der Waals surface area (Å²) in [6.07, 6.45) is 2.87. The van der Waals surface area contributed by atoms with E-state index in [-0.39, 0.29) is 18.2 Å². The molecule has 0 aliphatic rings. The summed E-state index contributed by atoms with van der Waals surface area (Å²) >= 11 is 0. The van der Waals surface area contributed by atoms with Crippen LogP contribution in [0.15, 0.2) is 24.5 Å². The lowest BCUT2D eigenvalue weighted by atomic mass is 10.3. The lowest BCUT2D eigenvalue weighted by Crippen LogP contribution is -2.34. The second-order valence-electron chi connectivity index (χ2n) is 3.18. The Morgan fingerprint density at radius 3 is 2.76 bits per heavy atom. The van der Waals surface area contributed by atoms with Crippen molar-refractivity contribution in [3.63, 3.8) is 0 Å². The van der Waals surface area contributed by atoms with Crippen molar-refractivity contribution in [1.29, 1.82) is 5.26 Å². The number of rotatable bonds is 5. The van der Waals surface area contributed by atoms with Crippen molar-refractivity contribution in [3.8, 4) is 6.07 Å². The number of hydrogen-bond acceptors (Lipinski definition) is 4. The molecule has 17 heavy (non-hydrogen) atoms. The van der Waals surface area contributed by atoms with Gasteiger partial charge in [0.05, 0.1) is 11.6 Å². The molecule has 6 heteroatoms. The van der Waals surface area contributed by atoms with Crippen molar-refractivity contribution in [2.24, 2.45) is 0 Å². The molecule has 0 saturated carbocycles. The molecule has 0 fully saturated rings. The number of carbonyl (C=O) groups excluding carboxylic acids is 2. The van der Waals surface area contributed by atoms with E-state index in [0.29, 0.717) is 18.7 Å². The van der Waals surface area contributed by atoms with Crippen LogP contribution in [0.5, 0.6) is 0 Å². The van der Waals surface area contributed by atoms with Gasteiger partial charge in [0, 0.05) is 25.5 Å². The fourth-order valence-corrected chi connectivity index (χ4v) is 1.11. The number of carbonyl (C=O) groups is 2. The Balaban J connectivity index is 2.22. The summed E-state index contributed by atoms with van der Waals surface area (Å²) in [5.74, 6) is -0.587. The molecular weight excluding hydrogens is 220 g/mol. The first-order valence-corrected chi connectivity index (χ1v) is 5.06. The van der Waals surface area contributed by atoms with Gasteiger partial charge in [0.15, 0.2) is 0 Å². The van der Waals surface area contributed by atoms with Crippen molar-refractivity contribution >= 4 is 11.8 Å². The summed E-state index contributed by atoms with van der Waals surface area (Å²) < 4.78 is 0. The van der Waals surface area contributed by atoms with Crippen LogP contribution in [-0.4, -0.2) is 29.9 Å².